The molecule has 0 N–H and O–H groups in total. The third-order valence-electron chi connectivity index (χ3n) is 2.60. The Labute approximate surface area is 122 Å². The molecule has 0 spiro atoms. The summed E-state index contributed by atoms with van der Waals surface area (Å²) >= 11 is 12.0. The van der Waals surface area contributed by atoms with Crippen LogP contribution in [0.15, 0.2) is 42.5 Å². The second-order valence-electron chi connectivity index (χ2n) is 4.04. The minimum Gasteiger partial charge on any atom is -0.372 e. The van der Waals surface area contributed by atoms with Gasteiger partial charge >= 0.3 is 0 Å². The molecule has 0 atom stereocenters. The zero-order chi connectivity index (χ0) is 13.7. The molecular formula is C15H11Cl2NO. The molecule has 19 heavy (non-hydrogen) atoms. The van der Waals surface area contributed by atoms with Crippen LogP contribution < -0.4 is 0 Å². The van der Waals surface area contributed by atoms with Gasteiger partial charge in [-0.25, -0.2) is 0 Å². The first-order valence-electron chi connectivity index (χ1n) is 5.70. The fourth-order valence-electron chi connectivity index (χ4n) is 1.64. The van der Waals surface area contributed by atoms with Crippen molar-refractivity contribution in [2.75, 3.05) is 0 Å². The van der Waals surface area contributed by atoms with E-state index in [1.807, 2.05) is 30.3 Å². The first-order chi connectivity index (χ1) is 9.19. The van der Waals surface area contributed by atoms with Gasteiger partial charge in [0.05, 0.1) is 24.8 Å². The molecule has 0 saturated carbocycles. The van der Waals surface area contributed by atoms with Crippen LogP contribution in [0.1, 0.15) is 16.7 Å². The molecule has 0 aliphatic rings. The van der Waals surface area contributed by atoms with Crippen LogP contribution in [0.2, 0.25) is 10.0 Å². The van der Waals surface area contributed by atoms with Crippen LogP contribution in [0.4, 0.5) is 0 Å². The van der Waals surface area contributed by atoms with Crippen molar-refractivity contribution in [3.05, 3.63) is 69.2 Å². The Balaban J connectivity index is 1.94. The molecule has 0 fully saturated rings. The molecule has 0 bridgehead atoms. The molecule has 0 heterocycles. The Morgan fingerprint density at radius 2 is 1.89 bits per heavy atom. The van der Waals surface area contributed by atoms with Crippen molar-refractivity contribution >= 4 is 23.2 Å². The molecule has 2 aromatic rings. The zero-order valence-electron chi connectivity index (χ0n) is 10.1. The monoisotopic (exact) mass is 291 g/mol. The lowest BCUT2D eigenvalue weighted by atomic mass is 10.1. The predicted octanol–water partition coefficient (Wildman–Crippen LogP) is 4.58. The van der Waals surface area contributed by atoms with Gasteiger partial charge in [0, 0.05) is 10.0 Å². The van der Waals surface area contributed by atoms with Crippen LogP contribution in [-0.2, 0) is 18.0 Å². The Kier molecular flexibility index (Phi) is 4.81. The average molecular weight is 292 g/mol. The highest BCUT2D eigenvalue weighted by molar-refractivity contribution is 6.31. The van der Waals surface area contributed by atoms with Crippen molar-refractivity contribution in [1.29, 1.82) is 5.26 Å². The molecule has 2 nitrogen and oxygen atoms in total. The van der Waals surface area contributed by atoms with E-state index in [1.54, 1.807) is 18.2 Å². The minimum atomic E-state index is 0.400. The van der Waals surface area contributed by atoms with Gasteiger partial charge < -0.3 is 4.74 Å². The van der Waals surface area contributed by atoms with Crippen molar-refractivity contribution in [3.63, 3.8) is 0 Å². The minimum absolute atomic E-state index is 0.400. The van der Waals surface area contributed by atoms with Gasteiger partial charge in [0.2, 0.25) is 0 Å². The van der Waals surface area contributed by atoms with Crippen molar-refractivity contribution in [1.82, 2.24) is 0 Å². The maximum Gasteiger partial charge on any atom is 0.0992 e. The molecule has 0 unspecified atom stereocenters. The third-order valence-corrected chi connectivity index (χ3v) is 3.18. The van der Waals surface area contributed by atoms with E-state index in [4.69, 9.17) is 33.2 Å². The van der Waals surface area contributed by atoms with Crippen molar-refractivity contribution in [2.45, 2.75) is 13.2 Å². The summed E-state index contributed by atoms with van der Waals surface area (Å²) in [5.41, 5.74) is 2.42. The first-order valence-corrected chi connectivity index (χ1v) is 6.45. The summed E-state index contributed by atoms with van der Waals surface area (Å²) in [6.45, 7) is 0.869. The van der Waals surface area contributed by atoms with Crippen LogP contribution in [-0.4, -0.2) is 0 Å². The summed E-state index contributed by atoms with van der Waals surface area (Å²) in [4.78, 5) is 0. The normalized spacial score (nSPS) is 10.2. The number of nitriles is 1. The number of hydrogen-bond acceptors (Lipinski definition) is 2. The van der Waals surface area contributed by atoms with E-state index in [1.165, 1.54) is 0 Å². The smallest absolute Gasteiger partial charge is 0.0992 e. The Morgan fingerprint density at radius 1 is 1.05 bits per heavy atom. The molecule has 0 aliphatic carbocycles. The molecule has 0 amide bonds. The topological polar surface area (TPSA) is 33.0 Å². The number of ether oxygens (including phenoxy) is 1. The van der Waals surface area contributed by atoms with Crippen LogP contribution in [0.3, 0.4) is 0 Å². The van der Waals surface area contributed by atoms with Gasteiger partial charge in [-0.2, -0.15) is 5.26 Å². The maximum absolute atomic E-state index is 8.75. The van der Waals surface area contributed by atoms with Gasteiger partial charge in [0.15, 0.2) is 0 Å². The highest BCUT2D eigenvalue weighted by Crippen LogP contribution is 2.19. The zero-order valence-corrected chi connectivity index (χ0v) is 11.6. The lowest BCUT2D eigenvalue weighted by Gasteiger charge is -2.07. The number of nitrogens with zero attached hydrogens (tertiary/aromatic N) is 1. The lowest BCUT2D eigenvalue weighted by molar-refractivity contribution is 0.107. The Bertz CT molecular complexity index is 620. The highest BCUT2D eigenvalue weighted by Gasteiger charge is 2.02. The predicted molar refractivity (Wildman–Crippen MR) is 76.1 cm³/mol. The van der Waals surface area contributed by atoms with Crippen molar-refractivity contribution in [2.24, 2.45) is 0 Å². The molecular weight excluding hydrogens is 281 g/mol. The largest absolute Gasteiger partial charge is 0.372 e. The third kappa shape index (κ3) is 3.97. The van der Waals surface area contributed by atoms with Crippen LogP contribution in [0.5, 0.6) is 0 Å². The second-order valence-corrected chi connectivity index (χ2v) is 4.88. The maximum atomic E-state index is 8.75. The second kappa shape index (κ2) is 6.58. The molecule has 2 aromatic carbocycles. The fraction of sp³-hybridized carbons (Fsp3) is 0.133. The van der Waals surface area contributed by atoms with Gasteiger partial charge in [0.25, 0.3) is 0 Å². The number of hydrogen-bond donors (Lipinski definition) is 0. The van der Waals surface area contributed by atoms with Crippen molar-refractivity contribution < 1.29 is 4.74 Å². The number of halogens is 2. The first kappa shape index (κ1) is 13.9. The summed E-state index contributed by atoms with van der Waals surface area (Å²) in [5, 5.41) is 9.99. The molecule has 0 radical (unpaired) electrons. The van der Waals surface area contributed by atoms with Gasteiger partial charge in [-0.1, -0.05) is 41.4 Å². The standard InChI is InChI=1S/C15H11Cl2NO/c16-14-3-1-2-12(6-14)9-19-10-13-5-4-11(8-18)7-15(13)17/h1-7H,9-10H2. The molecule has 0 saturated heterocycles. The number of rotatable bonds is 4. The van der Waals surface area contributed by atoms with Crippen LogP contribution in [0, 0.1) is 11.3 Å². The summed E-state index contributed by atoms with van der Waals surface area (Å²) in [6, 6.07) is 14.7. The van der Waals surface area contributed by atoms with Gasteiger partial charge in [-0.05, 0) is 35.4 Å². The molecule has 0 aromatic heterocycles. The molecule has 4 heteroatoms. The lowest BCUT2D eigenvalue weighted by Crippen LogP contribution is -1.95. The highest BCUT2D eigenvalue weighted by atomic mass is 35.5. The summed E-state index contributed by atoms with van der Waals surface area (Å²) in [6.07, 6.45) is 0. The fourth-order valence-corrected chi connectivity index (χ4v) is 2.09. The van der Waals surface area contributed by atoms with Crippen LogP contribution >= 0.6 is 23.2 Å². The quantitative estimate of drug-likeness (QED) is 0.826. The van der Waals surface area contributed by atoms with E-state index in [2.05, 4.69) is 0 Å². The van der Waals surface area contributed by atoms with E-state index < -0.39 is 0 Å². The van der Waals surface area contributed by atoms with E-state index in [0.717, 1.165) is 11.1 Å². The molecule has 0 aliphatic heterocycles. The summed E-state index contributed by atoms with van der Waals surface area (Å²) in [5.74, 6) is 0. The Hall–Kier alpha value is -1.53. The van der Waals surface area contributed by atoms with Gasteiger partial charge in [0.1, 0.15) is 0 Å². The van der Waals surface area contributed by atoms with E-state index in [-0.39, 0.29) is 0 Å². The van der Waals surface area contributed by atoms with Gasteiger partial charge in [-0.3, -0.25) is 0 Å². The van der Waals surface area contributed by atoms with E-state index >= 15 is 0 Å². The Morgan fingerprint density at radius 3 is 2.58 bits per heavy atom. The van der Waals surface area contributed by atoms with Gasteiger partial charge in [-0.15, -0.1) is 0 Å². The molecule has 96 valence electrons. The number of benzene rings is 2. The van der Waals surface area contributed by atoms with Crippen molar-refractivity contribution in [3.8, 4) is 6.07 Å². The van der Waals surface area contributed by atoms with E-state index in [9.17, 15) is 0 Å². The SMILES string of the molecule is N#Cc1ccc(COCc2cccc(Cl)c2)c(Cl)c1. The van der Waals surface area contributed by atoms with Crippen LogP contribution in [0.25, 0.3) is 0 Å². The average Bonchev–Trinajstić information content (AvgIpc) is 2.40. The summed E-state index contributed by atoms with van der Waals surface area (Å²) in [7, 11) is 0. The summed E-state index contributed by atoms with van der Waals surface area (Å²) < 4.78 is 5.59. The molecule has 2 rings (SSSR count). The van der Waals surface area contributed by atoms with E-state index in [0.29, 0.717) is 28.8 Å².